The van der Waals surface area contributed by atoms with Crippen LogP contribution in [-0.2, 0) is 9.59 Å². The van der Waals surface area contributed by atoms with Gasteiger partial charge in [-0.15, -0.1) is 0 Å². The third kappa shape index (κ3) is 3.02. The third-order valence-electron chi connectivity index (χ3n) is 1.99. The summed E-state index contributed by atoms with van der Waals surface area (Å²) < 4.78 is 0. The van der Waals surface area contributed by atoms with Crippen molar-refractivity contribution in [2.45, 2.75) is 38.8 Å². The normalized spacial score (nSPS) is 17.2. The van der Waals surface area contributed by atoms with Gasteiger partial charge in [0.15, 0.2) is 0 Å². The van der Waals surface area contributed by atoms with Gasteiger partial charge in [0.1, 0.15) is 5.54 Å². The van der Waals surface area contributed by atoms with E-state index in [1.54, 1.807) is 6.92 Å². The Bertz CT molecular complexity index is 215. The van der Waals surface area contributed by atoms with Crippen molar-refractivity contribution < 1.29 is 14.7 Å². The molecule has 0 fully saturated rings. The molecule has 0 radical (unpaired) electrons. The van der Waals surface area contributed by atoms with Crippen molar-refractivity contribution in [2.24, 2.45) is 5.73 Å². The van der Waals surface area contributed by atoms with Crippen molar-refractivity contribution in [2.75, 3.05) is 0 Å². The molecular weight excluding hydrogens is 172 g/mol. The molecule has 1 unspecified atom stereocenters. The SMILES string of the molecule is CCC(C)(NC(=O)[C@H](C)N)C(=O)O. The Morgan fingerprint density at radius 3 is 2.31 bits per heavy atom. The fourth-order valence-corrected chi connectivity index (χ4v) is 0.679. The topological polar surface area (TPSA) is 92.4 Å². The summed E-state index contributed by atoms with van der Waals surface area (Å²) in [7, 11) is 0. The molecule has 0 spiro atoms. The first-order valence-corrected chi connectivity index (χ1v) is 4.14. The van der Waals surface area contributed by atoms with Crippen molar-refractivity contribution in [1.29, 1.82) is 0 Å². The van der Waals surface area contributed by atoms with Gasteiger partial charge in [0.05, 0.1) is 6.04 Å². The number of hydrogen-bond donors (Lipinski definition) is 3. The van der Waals surface area contributed by atoms with E-state index in [9.17, 15) is 9.59 Å². The number of carbonyl (C=O) groups is 2. The van der Waals surface area contributed by atoms with Gasteiger partial charge in [-0.1, -0.05) is 6.92 Å². The Labute approximate surface area is 77.3 Å². The molecular formula is C8H16N2O3. The van der Waals surface area contributed by atoms with Gasteiger partial charge < -0.3 is 16.2 Å². The molecule has 0 rings (SSSR count). The fraction of sp³-hybridized carbons (Fsp3) is 0.750. The summed E-state index contributed by atoms with van der Waals surface area (Å²) in [5.74, 6) is -1.50. The van der Waals surface area contributed by atoms with Gasteiger partial charge >= 0.3 is 5.97 Å². The van der Waals surface area contributed by atoms with Crippen molar-refractivity contribution in [3.8, 4) is 0 Å². The van der Waals surface area contributed by atoms with E-state index in [-0.39, 0.29) is 0 Å². The van der Waals surface area contributed by atoms with Crippen LogP contribution in [0.25, 0.3) is 0 Å². The summed E-state index contributed by atoms with van der Waals surface area (Å²) in [6, 6.07) is -0.690. The monoisotopic (exact) mass is 188 g/mol. The molecule has 0 saturated heterocycles. The van der Waals surface area contributed by atoms with E-state index in [1.165, 1.54) is 13.8 Å². The molecule has 76 valence electrons. The van der Waals surface area contributed by atoms with Crippen LogP contribution in [0.5, 0.6) is 0 Å². The van der Waals surface area contributed by atoms with Crippen LogP contribution in [0.4, 0.5) is 0 Å². The minimum absolute atomic E-state index is 0.320. The van der Waals surface area contributed by atoms with E-state index in [0.29, 0.717) is 6.42 Å². The number of carboxylic acids is 1. The highest BCUT2D eigenvalue weighted by Crippen LogP contribution is 2.08. The average Bonchev–Trinajstić information content (AvgIpc) is 2.03. The van der Waals surface area contributed by atoms with E-state index >= 15 is 0 Å². The number of amides is 1. The quantitative estimate of drug-likeness (QED) is 0.565. The smallest absolute Gasteiger partial charge is 0.329 e. The summed E-state index contributed by atoms with van der Waals surface area (Å²) in [6.07, 6.45) is 0.320. The Hall–Kier alpha value is -1.10. The third-order valence-corrected chi connectivity index (χ3v) is 1.99. The molecule has 5 nitrogen and oxygen atoms in total. The molecule has 0 aliphatic rings. The standard InChI is InChI=1S/C8H16N2O3/c1-4-8(3,7(12)13)10-6(11)5(2)9/h5H,4,9H2,1-3H3,(H,10,11)(H,12,13)/t5-,8?/m0/s1. The average molecular weight is 188 g/mol. The van der Waals surface area contributed by atoms with Crippen LogP contribution < -0.4 is 11.1 Å². The maximum Gasteiger partial charge on any atom is 0.329 e. The van der Waals surface area contributed by atoms with Gasteiger partial charge in [-0.25, -0.2) is 4.79 Å². The van der Waals surface area contributed by atoms with Crippen molar-refractivity contribution >= 4 is 11.9 Å². The minimum atomic E-state index is -1.22. The van der Waals surface area contributed by atoms with Gasteiger partial charge in [0.25, 0.3) is 0 Å². The van der Waals surface area contributed by atoms with Gasteiger partial charge in [-0.05, 0) is 20.3 Å². The lowest BCUT2D eigenvalue weighted by Gasteiger charge is -2.25. The predicted molar refractivity (Wildman–Crippen MR) is 48.1 cm³/mol. The van der Waals surface area contributed by atoms with E-state index in [0.717, 1.165) is 0 Å². The van der Waals surface area contributed by atoms with Crippen LogP contribution in [0.2, 0.25) is 0 Å². The number of nitrogens with two attached hydrogens (primary N) is 1. The van der Waals surface area contributed by atoms with Gasteiger partial charge in [0.2, 0.25) is 5.91 Å². The van der Waals surface area contributed by atoms with Crippen LogP contribution in [0.15, 0.2) is 0 Å². The molecule has 0 bridgehead atoms. The summed E-state index contributed by atoms with van der Waals surface area (Å²) in [5, 5.41) is 11.2. The lowest BCUT2D eigenvalue weighted by atomic mass is 9.99. The molecule has 13 heavy (non-hydrogen) atoms. The van der Waals surface area contributed by atoms with Crippen LogP contribution in [0.1, 0.15) is 27.2 Å². The molecule has 0 aliphatic carbocycles. The molecule has 2 atom stereocenters. The molecule has 0 heterocycles. The lowest BCUT2D eigenvalue weighted by molar-refractivity contribution is -0.147. The molecule has 0 aromatic rings. The van der Waals surface area contributed by atoms with E-state index in [1.807, 2.05) is 0 Å². The minimum Gasteiger partial charge on any atom is -0.480 e. The Balaban J connectivity index is 4.45. The summed E-state index contributed by atoms with van der Waals surface area (Å²) >= 11 is 0. The number of rotatable bonds is 4. The van der Waals surface area contributed by atoms with Crippen molar-refractivity contribution in [1.82, 2.24) is 5.32 Å². The number of aliphatic carboxylic acids is 1. The van der Waals surface area contributed by atoms with Crippen LogP contribution in [-0.4, -0.2) is 28.6 Å². The fourth-order valence-electron chi connectivity index (χ4n) is 0.679. The molecule has 0 aromatic heterocycles. The van der Waals surface area contributed by atoms with Crippen molar-refractivity contribution in [3.05, 3.63) is 0 Å². The summed E-state index contributed by atoms with van der Waals surface area (Å²) in [6.45, 7) is 4.65. The summed E-state index contributed by atoms with van der Waals surface area (Å²) in [4.78, 5) is 21.9. The second kappa shape index (κ2) is 4.23. The van der Waals surface area contributed by atoms with Crippen LogP contribution in [0.3, 0.4) is 0 Å². The number of carboxylic acid groups (broad SMARTS) is 1. The molecule has 4 N–H and O–H groups in total. The first kappa shape index (κ1) is 11.9. The number of nitrogens with one attached hydrogen (secondary N) is 1. The highest BCUT2D eigenvalue weighted by Gasteiger charge is 2.33. The summed E-state index contributed by atoms with van der Waals surface area (Å²) in [5.41, 5.74) is 4.08. The van der Waals surface area contributed by atoms with Crippen LogP contribution in [0, 0.1) is 0 Å². The van der Waals surface area contributed by atoms with E-state index in [2.05, 4.69) is 5.32 Å². The molecule has 5 heteroatoms. The predicted octanol–water partition coefficient (Wildman–Crippen LogP) is -0.297. The van der Waals surface area contributed by atoms with E-state index < -0.39 is 23.5 Å². The number of hydrogen-bond acceptors (Lipinski definition) is 3. The zero-order chi connectivity index (χ0) is 10.6. The second-order valence-corrected chi connectivity index (χ2v) is 3.27. The molecule has 0 aliphatic heterocycles. The second-order valence-electron chi connectivity index (χ2n) is 3.27. The van der Waals surface area contributed by atoms with E-state index in [4.69, 9.17) is 10.8 Å². The van der Waals surface area contributed by atoms with Crippen LogP contribution >= 0.6 is 0 Å². The zero-order valence-corrected chi connectivity index (χ0v) is 8.13. The molecule has 1 amide bonds. The van der Waals surface area contributed by atoms with Gasteiger partial charge in [-0.2, -0.15) is 0 Å². The van der Waals surface area contributed by atoms with Crippen molar-refractivity contribution in [3.63, 3.8) is 0 Å². The number of carbonyl (C=O) groups excluding carboxylic acids is 1. The van der Waals surface area contributed by atoms with Gasteiger partial charge in [0, 0.05) is 0 Å². The Morgan fingerprint density at radius 2 is 2.08 bits per heavy atom. The molecule has 0 aromatic carbocycles. The zero-order valence-electron chi connectivity index (χ0n) is 8.13. The Kier molecular flexibility index (Phi) is 3.87. The Morgan fingerprint density at radius 1 is 1.62 bits per heavy atom. The lowest BCUT2D eigenvalue weighted by Crippen LogP contribution is -2.55. The highest BCUT2D eigenvalue weighted by molar-refractivity contribution is 5.88. The first-order chi connectivity index (χ1) is 5.83. The molecule has 0 saturated carbocycles. The van der Waals surface area contributed by atoms with Gasteiger partial charge in [-0.3, -0.25) is 4.79 Å². The maximum atomic E-state index is 11.1. The maximum absolute atomic E-state index is 11.1. The highest BCUT2D eigenvalue weighted by atomic mass is 16.4. The largest absolute Gasteiger partial charge is 0.480 e. The first-order valence-electron chi connectivity index (χ1n) is 4.14.